The first kappa shape index (κ1) is 20.8. The van der Waals surface area contributed by atoms with Crippen molar-refractivity contribution < 1.29 is 13.9 Å². The summed E-state index contributed by atoms with van der Waals surface area (Å²) in [5.74, 6) is 0.195. The lowest BCUT2D eigenvalue weighted by molar-refractivity contribution is -0.141. The molecule has 30 heavy (non-hydrogen) atoms. The average molecular weight is 413 g/mol. The lowest BCUT2D eigenvalue weighted by atomic mass is 9.82. The van der Waals surface area contributed by atoms with Gasteiger partial charge in [-0.15, -0.1) is 0 Å². The molecule has 2 aliphatic heterocycles. The van der Waals surface area contributed by atoms with Crippen molar-refractivity contribution in [3.63, 3.8) is 0 Å². The maximum atomic E-state index is 13.5. The van der Waals surface area contributed by atoms with Crippen molar-refractivity contribution in [1.29, 1.82) is 0 Å². The van der Waals surface area contributed by atoms with Crippen LogP contribution in [-0.4, -0.2) is 54.1 Å². The monoisotopic (exact) mass is 413 g/mol. The number of halogens is 1. The zero-order chi connectivity index (χ0) is 21.3. The molecule has 7 heteroatoms. The number of pyridine rings is 1. The number of esters is 1. The summed E-state index contributed by atoms with van der Waals surface area (Å²) in [4.78, 5) is 28.7. The number of aromatic nitrogens is 1. The highest BCUT2D eigenvalue weighted by Gasteiger charge is 2.35. The Balaban J connectivity index is 1.49. The molecule has 160 valence electrons. The van der Waals surface area contributed by atoms with Crippen LogP contribution in [0.25, 0.3) is 0 Å². The molecule has 1 aromatic heterocycles. The third-order valence-electron chi connectivity index (χ3n) is 6.12. The van der Waals surface area contributed by atoms with Crippen LogP contribution >= 0.6 is 0 Å². The van der Waals surface area contributed by atoms with E-state index in [-0.39, 0.29) is 23.9 Å². The molecule has 0 amide bonds. The molecule has 2 aliphatic rings. The minimum Gasteiger partial charge on any atom is -0.468 e. The number of carbonyl (C=O) groups is 1. The van der Waals surface area contributed by atoms with E-state index in [1.807, 2.05) is 16.7 Å². The number of nitrogens with zero attached hydrogens (tertiary/aromatic N) is 3. The molecule has 0 N–H and O–H groups in total. The summed E-state index contributed by atoms with van der Waals surface area (Å²) in [6.07, 6.45) is 1.08. The summed E-state index contributed by atoms with van der Waals surface area (Å²) in [7, 11) is 3.17. The number of hydrogen-bond donors (Lipinski definition) is 0. The second kappa shape index (κ2) is 8.70. The molecule has 2 aromatic rings. The Morgan fingerprint density at radius 3 is 2.83 bits per heavy atom. The van der Waals surface area contributed by atoms with Gasteiger partial charge in [0.05, 0.1) is 13.7 Å². The number of methoxy groups -OCH3 is 1. The Morgan fingerprint density at radius 2 is 2.07 bits per heavy atom. The lowest BCUT2D eigenvalue weighted by Crippen LogP contribution is -2.47. The molecule has 1 saturated heterocycles. The number of likely N-dealkylation sites (N-methyl/N-ethyl adjacent to an activating group) is 1. The summed E-state index contributed by atoms with van der Waals surface area (Å²) >= 11 is 0. The minimum absolute atomic E-state index is 0.0393. The smallest absolute Gasteiger partial charge is 0.319 e. The molecule has 2 atom stereocenters. The van der Waals surface area contributed by atoms with E-state index < -0.39 is 0 Å². The van der Waals surface area contributed by atoms with E-state index in [2.05, 4.69) is 11.0 Å². The van der Waals surface area contributed by atoms with Gasteiger partial charge in [-0.25, -0.2) is 4.39 Å². The number of fused-ring (bicyclic) bond motifs is 4. The van der Waals surface area contributed by atoms with Crippen LogP contribution in [0.1, 0.15) is 29.2 Å². The van der Waals surface area contributed by atoms with E-state index in [0.717, 1.165) is 37.3 Å². The Labute approximate surface area is 175 Å². The van der Waals surface area contributed by atoms with Crippen LogP contribution in [0, 0.1) is 11.7 Å². The minimum atomic E-state index is -0.316. The fraction of sp³-hybridized carbons (Fsp3) is 0.478. The fourth-order valence-electron chi connectivity index (χ4n) is 4.86. The summed E-state index contributed by atoms with van der Waals surface area (Å²) in [5, 5.41) is 0. The Morgan fingerprint density at radius 1 is 1.23 bits per heavy atom. The largest absolute Gasteiger partial charge is 0.468 e. The van der Waals surface area contributed by atoms with E-state index in [1.54, 1.807) is 24.1 Å². The zero-order valence-electron chi connectivity index (χ0n) is 17.5. The second-order valence-corrected chi connectivity index (χ2v) is 8.57. The van der Waals surface area contributed by atoms with Crippen LogP contribution in [0.4, 0.5) is 4.39 Å². The SMILES string of the molecule is COC(=O)CN(C)Cc1ccc2n(c1=O)C[C@H]1C[C@@H]2CN(Cc2cccc(F)c2)C1. The molecule has 1 fully saturated rings. The highest BCUT2D eigenvalue weighted by Crippen LogP contribution is 2.35. The first-order valence-corrected chi connectivity index (χ1v) is 10.4. The molecular weight excluding hydrogens is 385 g/mol. The van der Waals surface area contributed by atoms with Crippen LogP contribution in [-0.2, 0) is 29.2 Å². The predicted octanol–water partition coefficient (Wildman–Crippen LogP) is 2.21. The highest BCUT2D eigenvalue weighted by atomic mass is 19.1. The topological polar surface area (TPSA) is 54.8 Å². The molecule has 1 aromatic carbocycles. The van der Waals surface area contributed by atoms with Crippen molar-refractivity contribution in [2.75, 3.05) is 33.8 Å². The van der Waals surface area contributed by atoms with Gasteiger partial charge >= 0.3 is 5.97 Å². The summed E-state index contributed by atoms with van der Waals surface area (Å²) < 4.78 is 20.2. The van der Waals surface area contributed by atoms with Gasteiger partial charge in [0.15, 0.2) is 0 Å². The van der Waals surface area contributed by atoms with Crippen molar-refractivity contribution in [2.24, 2.45) is 5.92 Å². The number of benzene rings is 1. The van der Waals surface area contributed by atoms with Gasteiger partial charge in [-0.3, -0.25) is 19.4 Å². The van der Waals surface area contributed by atoms with Gasteiger partial charge in [-0.1, -0.05) is 18.2 Å². The molecule has 0 saturated carbocycles. The second-order valence-electron chi connectivity index (χ2n) is 8.57. The number of likely N-dealkylation sites (tertiary alicyclic amines) is 1. The van der Waals surface area contributed by atoms with E-state index >= 15 is 0 Å². The van der Waals surface area contributed by atoms with E-state index in [4.69, 9.17) is 4.74 Å². The quantitative estimate of drug-likeness (QED) is 0.680. The normalized spacial score (nSPS) is 20.8. The van der Waals surface area contributed by atoms with Crippen LogP contribution in [0.2, 0.25) is 0 Å². The van der Waals surface area contributed by atoms with Crippen LogP contribution < -0.4 is 5.56 Å². The summed E-state index contributed by atoms with van der Waals surface area (Å²) in [6, 6.07) is 10.7. The molecule has 0 aliphatic carbocycles. The summed E-state index contributed by atoms with van der Waals surface area (Å²) in [5.41, 5.74) is 2.80. The van der Waals surface area contributed by atoms with Crippen molar-refractivity contribution in [2.45, 2.75) is 32.0 Å². The Kier molecular flexibility index (Phi) is 6.01. The molecule has 0 unspecified atom stereocenters. The first-order valence-electron chi connectivity index (χ1n) is 10.4. The molecule has 3 heterocycles. The number of piperidine rings is 1. The van der Waals surface area contributed by atoms with E-state index in [1.165, 1.54) is 13.2 Å². The zero-order valence-corrected chi connectivity index (χ0v) is 17.5. The lowest BCUT2D eigenvalue weighted by Gasteiger charge is -2.43. The number of carbonyl (C=O) groups excluding carboxylic acids is 1. The number of ether oxygens (including phenoxy) is 1. The van der Waals surface area contributed by atoms with Gasteiger partial charge < -0.3 is 9.30 Å². The van der Waals surface area contributed by atoms with Gasteiger partial charge in [0.1, 0.15) is 5.82 Å². The van der Waals surface area contributed by atoms with Gasteiger partial charge in [-0.2, -0.15) is 0 Å². The molecular formula is C23H28FN3O3. The molecule has 0 radical (unpaired) electrons. The molecule has 2 bridgehead atoms. The molecule has 4 rings (SSSR count). The third-order valence-corrected chi connectivity index (χ3v) is 6.12. The van der Waals surface area contributed by atoms with Crippen molar-refractivity contribution >= 4 is 5.97 Å². The molecule has 0 spiro atoms. The van der Waals surface area contributed by atoms with Crippen molar-refractivity contribution in [1.82, 2.24) is 14.4 Å². The maximum Gasteiger partial charge on any atom is 0.319 e. The van der Waals surface area contributed by atoms with Gasteiger partial charge in [0.25, 0.3) is 5.56 Å². The highest BCUT2D eigenvalue weighted by molar-refractivity contribution is 5.71. The standard InChI is InChI=1S/C23H28FN3O3/c1-25(15-22(28)30-2)13-18-6-7-21-19-8-17(12-27(21)23(18)29)11-26(14-19)10-16-4-3-5-20(24)9-16/h3-7,9,17,19H,8,10-15H2,1-2H3/t17-,19+/m0/s1. The number of hydrogen-bond acceptors (Lipinski definition) is 5. The Hall–Kier alpha value is -2.51. The summed E-state index contributed by atoms with van der Waals surface area (Å²) in [6.45, 7) is 3.77. The van der Waals surface area contributed by atoms with Crippen LogP contribution in [0.3, 0.4) is 0 Å². The predicted molar refractivity (Wildman–Crippen MR) is 112 cm³/mol. The van der Waals surface area contributed by atoms with Crippen molar-refractivity contribution in [3.8, 4) is 0 Å². The molecule has 6 nitrogen and oxygen atoms in total. The Bertz CT molecular complexity index is 990. The van der Waals surface area contributed by atoms with E-state index in [9.17, 15) is 14.0 Å². The average Bonchev–Trinajstić information content (AvgIpc) is 2.70. The van der Waals surface area contributed by atoms with Gasteiger partial charge in [-0.05, 0) is 43.1 Å². The van der Waals surface area contributed by atoms with Crippen LogP contribution in [0.5, 0.6) is 0 Å². The van der Waals surface area contributed by atoms with Gasteiger partial charge in [0, 0.05) is 49.9 Å². The van der Waals surface area contributed by atoms with Gasteiger partial charge in [0.2, 0.25) is 0 Å². The van der Waals surface area contributed by atoms with Crippen LogP contribution in [0.15, 0.2) is 41.2 Å². The third kappa shape index (κ3) is 4.47. The van der Waals surface area contributed by atoms with Crippen molar-refractivity contribution in [3.05, 3.63) is 69.4 Å². The number of rotatable bonds is 6. The first-order chi connectivity index (χ1) is 14.4. The maximum absolute atomic E-state index is 13.5. The van der Waals surface area contributed by atoms with E-state index in [0.29, 0.717) is 30.5 Å². The fourth-order valence-corrected chi connectivity index (χ4v) is 4.86.